The highest BCUT2D eigenvalue weighted by Gasteiger charge is 2.31. The topological polar surface area (TPSA) is 17.1 Å². The number of Topliss-reactive ketones (excluding diaryl/α,β-unsaturated/α-hetero) is 1. The van der Waals surface area contributed by atoms with E-state index in [-0.39, 0.29) is 4.75 Å². The summed E-state index contributed by atoms with van der Waals surface area (Å²) >= 11 is 4.42. The van der Waals surface area contributed by atoms with E-state index in [9.17, 15) is 4.79 Å². The highest BCUT2D eigenvalue weighted by molar-refractivity contribution is 7.81. The number of hydrogen-bond donors (Lipinski definition) is 1. The number of ketones is 1. The van der Waals surface area contributed by atoms with Crippen molar-refractivity contribution in [3.8, 4) is 0 Å². The van der Waals surface area contributed by atoms with Gasteiger partial charge in [-0.05, 0) is 12.3 Å². The maximum atomic E-state index is 11.0. The highest BCUT2D eigenvalue weighted by Crippen LogP contribution is 2.34. The molecule has 0 heterocycles. The molecule has 1 fully saturated rings. The molecule has 1 aliphatic rings. The van der Waals surface area contributed by atoms with E-state index < -0.39 is 0 Å². The van der Waals surface area contributed by atoms with Crippen LogP contribution in [0.1, 0.15) is 33.1 Å². The Labute approximate surface area is 67.6 Å². The minimum absolute atomic E-state index is 0.0330. The normalized spacial score (nSPS) is 41.9. The van der Waals surface area contributed by atoms with Crippen LogP contribution in [0.2, 0.25) is 0 Å². The van der Waals surface area contributed by atoms with Gasteiger partial charge in [0.15, 0.2) is 0 Å². The van der Waals surface area contributed by atoms with Crippen molar-refractivity contribution in [1.29, 1.82) is 0 Å². The van der Waals surface area contributed by atoms with Crippen molar-refractivity contribution in [1.82, 2.24) is 0 Å². The van der Waals surface area contributed by atoms with Crippen LogP contribution in [0.4, 0.5) is 0 Å². The molecule has 0 aliphatic heterocycles. The number of carbonyl (C=O) groups excluding carboxylic acids is 1. The molecule has 0 saturated heterocycles. The SMILES string of the molecule is CC1CC(=O)CC(C)(S)C1. The van der Waals surface area contributed by atoms with Crippen LogP contribution in [-0.2, 0) is 4.79 Å². The molecule has 0 aromatic heterocycles. The fourth-order valence-corrected chi connectivity index (χ4v) is 2.27. The van der Waals surface area contributed by atoms with Crippen LogP contribution in [-0.4, -0.2) is 10.5 Å². The van der Waals surface area contributed by atoms with Gasteiger partial charge >= 0.3 is 0 Å². The van der Waals surface area contributed by atoms with E-state index in [1.807, 2.05) is 6.92 Å². The van der Waals surface area contributed by atoms with Gasteiger partial charge in [-0.15, -0.1) is 0 Å². The maximum absolute atomic E-state index is 11.0. The molecule has 1 saturated carbocycles. The molecule has 0 amide bonds. The Hall–Kier alpha value is 0.0200. The molecule has 10 heavy (non-hydrogen) atoms. The van der Waals surface area contributed by atoms with Gasteiger partial charge < -0.3 is 0 Å². The van der Waals surface area contributed by atoms with Crippen LogP contribution in [0, 0.1) is 5.92 Å². The predicted molar refractivity (Wildman–Crippen MR) is 45.4 cm³/mol. The van der Waals surface area contributed by atoms with Crippen molar-refractivity contribution in [3.05, 3.63) is 0 Å². The first-order chi connectivity index (χ1) is 4.49. The first kappa shape index (κ1) is 8.12. The summed E-state index contributed by atoms with van der Waals surface area (Å²) < 4.78 is -0.0330. The summed E-state index contributed by atoms with van der Waals surface area (Å²) in [7, 11) is 0. The molecule has 0 aromatic rings. The van der Waals surface area contributed by atoms with E-state index in [1.165, 1.54) is 0 Å². The van der Waals surface area contributed by atoms with Crippen LogP contribution in [0.25, 0.3) is 0 Å². The summed E-state index contributed by atoms with van der Waals surface area (Å²) in [5, 5.41) is 0. The zero-order chi connectivity index (χ0) is 7.78. The molecule has 0 N–H and O–H groups in total. The molecule has 0 radical (unpaired) electrons. The van der Waals surface area contributed by atoms with Crippen LogP contribution >= 0.6 is 12.6 Å². The van der Waals surface area contributed by atoms with Crippen LogP contribution in [0.3, 0.4) is 0 Å². The average molecular weight is 158 g/mol. The van der Waals surface area contributed by atoms with Crippen molar-refractivity contribution in [2.45, 2.75) is 37.9 Å². The molecule has 2 heteroatoms. The Balaban J connectivity index is 2.59. The first-order valence-corrected chi connectivity index (χ1v) is 4.18. The van der Waals surface area contributed by atoms with Crippen LogP contribution < -0.4 is 0 Å². The van der Waals surface area contributed by atoms with Gasteiger partial charge in [0.2, 0.25) is 0 Å². The lowest BCUT2D eigenvalue weighted by atomic mass is 9.82. The standard InChI is InChI=1S/C8H14OS/c1-6-3-7(9)5-8(2,10)4-6/h6,10H,3-5H2,1-2H3. The molecule has 0 spiro atoms. The lowest BCUT2D eigenvalue weighted by molar-refractivity contribution is -0.121. The largest absolute Gasteiger partial charge is 0.300 e. The fraction of sp³-hybridized carbons (Fsp3) is 0.875. The van der Waals surface area contributed by atoms with Gasteiger partial charge in [-0.25, -0.2) is 0 Å². The zero-order valence-corrected chi connectivity index (χ0v) is 7.45. The lowest BCUT2D eigenvalue weighted by Gasteiger charge is -2.31. The second kappa shape index (κ2) is 2.57. The first-order valence-electron chi connectivity index (χ1n) is 3.74. The Morgan fingerprint density at radius 3 is 2.70 bits per heavy atom. The number of rotatable bonds is 0. The van der Waals surface area contributed by atoms with Gasteiger partial charge in [0.25, 0.3) is 0 Å². The van der Waals surface area contributed by atoms with Gasteiger partial charge in [0.05, 0.1) is 0 Å². The third kappa shape index (κ3) is 2.01. The number of hydrogen-bond acceptors (Lipinski definition) is 2. The van der Waals surface area contributed by atoms with Crippen LogP contribution in [0.15, 0.2) is 0 Å². The quantitative estimate of drug-likeness (QED) is 0.534. The molecule has 2 unspecified atom stereocenters. The van der Waals surface area contributed by atoms with Crippen molar-refractivity contribution >= 4 is 18.4 Å². The number of carbonyl (C=O) groups is 1. The van der Waals surface area contributed by atoms with Crippen molar-refractivity contribution in [3.63, 3.8) is 0 Å². The van der Waals surface area contributed by atoms with E-state index in [2.05, 4.69) is 19.6 Å². The smallest absolute Gasteiger partial charge is 0.134 e. The van der Waals surface area contributed by atoms with Gasteiger partial charge in [0, 0.05) is 17.6 Å². The summed E-state index contributed by atoms with van der Waals surface area (Å²) in [6.45, 7) is 4.16. The zero-order valence-electron chi connectivity index (χ0n) is 6.55. The van der Waals surface area contributed by atoms with E-state index in [0.29, 0.717) is 18.1 Å². The van der Waals surface area contributed by atoms with Crippen molar-refractivity contribution in [2.75, 3.05) is 0 Å². The molecule has 1 aliphatic carbocycles. The summed E-state index contributed by atoms with van der Waals surface area (Å²) in [4.78, 5) is 11.0. The number of thiol groups is 1. The van der Waals surface area contributed by atoms with Crippen molar-refractivity contribution in [2.24, 2.45) is 5.92 Å². The lowest BCUT2D eigenvalue weighted by Crippen LogP contribution is -2.30. The van der Waals surface area contributed by atoms with E-state index in [4.69, 9.17) is 0 Å². The Morgan fingerprint density at radius 2 is 2.30 bits per heavy atom. The maximum Gasteiger partial charge on any atom is 0.134 e. The second-order valence-electron chi connectivity index (χ2n) is 3.73. The minimum atomic E-state index is -0.0330. The molecule has 58 valence electrons. The summed E-state index contributed by atoms with van der Waals surface area (Å²) in [5.74, 6) is 0.903. The summed E-state index contributed by atoms with van der Waals surface area (Å²) in [5.41, 5.74) is 0. The molecule has 1 rings (SSSR count). The Morgan fingerprint density at radius 1 is 1.70 bits per heavy atom. The average Bonchev–Trinajstić information content (AvgIpc) is 1.54. The van der Waals surface area contributed by atoms with Gasteiger partial charge in [0.1, 0.15) is 5.78 Å². The van der Waals surface area contributed by atoms with Gasteiger partial charge in [-0.1, -0.05) is 13.8 Å². The van der Waals surface area contributed by atoms with E-state index >= 15 is 0 Å². The summed E-state index contributed by atoms with van der Waals surface area (Å²) in [6.07, 6.45) is 2.48. The molecule has 0 aromatic carbocycles. The summed E-state index contributed by atoms with van der Waals surface area (Å²) in [6, 6.07) is 0. The minimum Gasteiger partial charge on any atom is -0.300 e. The molecular weight excluding hydrogens is 144 g/mol. The van der Waals surface area contributed by atoms with Gasteiger partial charge in [-0.2, -0.15) is 12.6 Å². The predicted octanol–water partition coefficient (Wildman–Crippen LogP) is 2.06. The van der Waals surface area contributed by atoms with Crippen LogP contribution in [0.5, 0.6) is 0 Å². The van der Waals surface area contributed by atoms with Gasteiger partial charge in [-0.3, -0.25) is 4.79 Å². The third-order valence-corrected chi connectivity index (χ3v) is 2.28. The van der Waals surface area contributed by atoms with E-state index in [1.54, 1.807) is 0 Å². The third-order valence-electron chi connectivity index (χ3n) is 1.94. The van der Waals surface area contributed by atoms with E-state index in [0.717, 1.165) is 12.8 Å². The molecule has 1 nitrogen and oxygen atoms in total. The fourth-order valence-electron chi connectivity index (χ4n) is 1.78. The Kier molecular flexibility index (Phi) is 2.09. The molecular formula is C8H14OS. The second-order valence-corrected chi connectivity index (χ2v) is 4.81. The molecule has 2 atom stereocenters. The highest BCUT2D eigenvalue weighted by atomic mass is 32.1. The monoisotopic (exact) mass is 158 g/mol. The van der Waals surface area contributed by atoms with Crippen molar-refractivity contribution < 1.29 is 4.79 Å². The molecule has 0 bridgehead atoms. The Bertz CT molecular complexity index is 151.